The maximum absolute atomic E-state index is 14.3. The van der Waals surface area contributed by atoms with E-state index < -0.39 is 66.1 Å². The third-order valence-corrected chi connectivity index (χ3v) is 14.3. The number of carbonyl (C=O) groups is 5. The Balaban J connectivity index is 1.68. The summed E-state index contributed by atoms with van der Waals surface area (Å²) in [6.45, 7) is 13.3. The lowest BCUT2D eigenvalue weighted by molar-refractivity contribution is -0.170. The van der Waals surface area contributed by atoms with Crippen LogP contribution in [0.1, 0.15) is 126 Å². The van der Waals surface area contributed by atoms with Gasteiger partial charge >= 0.3 is 5.97 Å². The summed E-state index contributed by atoms with van der Waals surface area (Å²) in [5.74, 6) is -4.02. The number of aliphatic hydroxyl groups excluding tert-OH is 2. The van der Waals surface area contributed by atoms with Crippen LogP contribution in [0.15, 0.2) is 47.6 Å². The largest absolute Gasteiger partial charge is 0.460 e. The molecule has 13 heteroatoms. The fourth-order valence-corrected chi connectivity index (χ4v) is 10.1. The van der Waals surface area contributed by atoms with Crippen LogP contribution in [0.3, 0.4) is 0 Å². The molecule has 0 aromatic heterocycles. The molecule has 0 aromatic rings. The number of Topliss-reactive ketones (excluding diaryl/α,β-unsaturated/α-hetero) is 3. The molecule has 2 bridgehead atoms. The van der Waals surface area contributed by atoms with Crippen LogP contribution in [0.25, 0.3) is 0 Å². The van der Waals surface area contributed by atoms with Crippen molar-refractivity contribution in [1.29, 1.82) is 0 Å². The number of rotatable bonds is 6. The van der Waals surface area contributed by atoms with Crippen molar-refractivity contribution in [2.45, 2.75) is 180 Å². The summed E-state index contributed by atoms with van der Waals surface area (Å²) in [6.07, 6.45) is 12.0. The second-order valence-corrected chi connectivity index (χ2v) is 19.4. The summed E-state index contributed by atoms with van der Waals surface area (Å²) in [5, 5.41) is 21.9. The Hall–Kier alpha value is -3.33. The van der Waals surface area contributed by atoms with Gasteiger partial charge in [0.05, 0.1) is 24.4 Å². The van der Waals surface area contributed by atoms with E-state index in [9.17, 15) is 34.2 Å². The third kappa shape index (κ3) is 14.6. The molecule has 2 N–H and O–H groups in total. The van der Waals surface area contributed by atoms with Crippen LogP contribution < -0.4 is 0 Å². The molecule has 0 aromatic carbocycles. The van der Waals surface area contributed by atoms with Crippen molar-refractivity contribution in [2.24, 2.45) is 35.5 Å². The van der Waals surface area contributed by atoms with E-state index in [1.165, 1.54) is 12.0 Å². The highest BCUT2D eigenvalue weighted by Gasteiger charge is 2.44. The number of fused-ring (bicyclic) bond motifs is 3. The van der Waals surface area contributed by atoms with Gasteiger partial charge in [0.15, 0.2) is 5.78 Å². The van der Waals surface area contributed by atoms with Crippen LogP contribution in [0.4, 0.5) is 0 Å². The highest BCUT2D eigenvalue weighted by Crippen LogP contribution is 2.35. The second-order valence-electron chi connectivity index (χ2n) is 19.4. The molecule has 3 heterocycles. The molecule has 3 fully saturated rings. The van der Waals surface area contributed by atoms with Gasteiger partial charge in [-0.3, -0.25) is 19.2 Å². The minimum Gasteiger partial charge on any atom is -0.460 e. The zero-order chi connectivity index (χ0) is 47.2. The lowest BCUT2D eigenvalue weighted by atomic mass is 9.78. The zero-order valence-corrected chi connectivity index (χ0v) is 40.2. The van der Waals surface area contributed by atoms with Gasteiger partial charge in [0.2, 0.25) is 5.78 Å². The molecule has 64 heavy (non-hydrogen) atoms. The summed E-state index contributed by atoms with van der Waals surface area (Å²) in [6, 6.07) is -1.01. The van der Waals surface area contributed by atoms with Crippen molar-refractivity contribution in [3.63, 3.8) is 0 Å². The Bertz CT molecular complexity index is 1700. The first-order valence-corrected chi connectivity index (χ1v) is 23.8. The maximum Gasteiger partial charge on any atom is 0.329 e. The van der Waals surface area contributed by atoms with Gasteiger partial charge in [0.25, 0.3) is 5.91 Å². The molecule has 1 amide bonds. The van der Waals surface area contributed by atoms with E-state index in [1.807, 2.05) is 65.0 Å². The molecule has 4 rings (SSSR count). The summed E-state index contributed by atoms with van der Waals surface area (Å²) in [4.78, 5) is 71.8. The van der Waals surface area contributed by atoms with Crippen LogP contribution in [0.5, 0.6) is 0 Å². The van der Waals surface area contributed by atoms with Crippen molar-refractivity contribution in [3.05, 3.63) is 47.6 Å². The highest BCUT2D eigenvalue weighted by molar-refractivity contribution is 6.38. The van der Waals surface area contributed by atoms with Gasteiger partial charge in [0, 0.05) is 52.6 Å². The average molecular weight is 898 g/mol. The summed E-state index contributed by atoms with van der Waals surface area (Å²) >= 11 is 0. The number of carbonyl (C=O) groups excluding carboxylic acids is 5. The van der Waals surface area contributed by atoms with E-state index >= 15 is 0 Å². The molecular weight excluding hydrogens is 819 g/mol. The third-order valence-electron chi connectivity index (χ3n) is 14.3. The van der Waals surface area contributed by atoms with E-state index in [0.717, 1.165) is 12.0 Å². The van der Waals surface area contributed by atoms with E-state index in [0.29, 0.717) is 69.8 Å². The zero-order valence-electron chi connectivity index (χ0n) is 40.2. The Morgan fingerprint density at radius 2 is 1.56 bits per heavy atom. The molecule has 3 aliphatic heterocycles. The van der Waals surface area contributed by atoms with Gasteiger partial charge in [-0.15, -0.1) is 0 Å². The Kier molecular flexibility index (Phi) is 21.3. The molecule has 1 saturated carbocycles. The first-order chi connectivity index (χ1) is 30.4. The standard InChI is InChI=1S/C51H79NO12/c1-30-16-12-11-13-17-31(2)42(60-8)28-38-21-19-32(3)48(63-38)47(57)50(58)52-23-15-14-18-39(52)51(59)64-43(34(5)26-37-20-22-40(53)44(27-37)61-9)29-41(54)33(4)25-36(7)46(56)49(62-10)45(55)35(6)24-30/h11-13,16-17,25,30,32-35,37-40,42-44,46,48-49,53,56H,14-15,18-24,26-29H2,1-10H3/b13-11+,16-12+,31-17+,36-25+. The minimum atomic E-state index is -1.29. The number of nitrogens with zero attached hydrogens (tertiary/aromatic N) is 1. The predicted molar refractivity (Wildman–Crippen MR) is 244 cm³/mol. The van der Waals surface area contributed by atoms with E-state index in [1.54, 1.807) is 34.1 Å². The molecule has 13 nitrogen and oxygen atoms in total. The number of amides is 1. The predicted octanol–water partition coefficient (Wildman–Crippen LogP) is 6.86. The van der Waals surface area contributed by atoms with Crippen LogP contribution >= 0.6 is 0 Å². The van der Waals surface area contributed by atoms with E-state index in [4.69, 9.17) is 23.7 Å². The van der Waals surface area contributed by atoms with Crippen molar-refractivity contribution in [2.75, 3.05) is 27.9 Å². The number of hydrogen-bond acceptors (Lipinski definition) is 12. The number of piperidine rings is 1. The molecular formula is C51H79NO12. The van der Waals surface area contributed by atoms with E-state index in [-0.39, 0.29) is 66.5 Å². The van der Waals surface area contributed by atoms with Crippen LogP contribution in [0, 0.1) is 35.5 Å². The lowest BCUT2D eigenvalue weighted by Crippen LogP contribution is -2.55. The van der Waals surface area contributed by atoms with Crippen LogP contribution in [0.2, 0.25) is 0 Å². The molecule has 15 unspecified atom stereocenters. The smallest absolute Gasteiger partial charge is 0.329 e. The molecule has 2 saturated heterocycles. The minimum absolute atomic E-state index is 0.0463. The summed E-state index contributed by atoms with van der Waals surface area (Å²) in [5.41, 5.74) is 1.37. The number of ketones is 3. The van der Waals surface area contributed by atoms with Crippen molar-refractivity contribution in [3.8, 4) is 0 Å². The first kappa shape index (κ1) is 53.3. The number of hydrogen-bond donors (Lipinski definition) is 2. The quantitative estimate of drug-likeness (QED) is 0.161. The number of aliphatic hydroxyl groups is 2. The fourth-order valence-electron chi connectivity index (χ4n) is 10.1. The summed E-state index contributed by atoms with van der Waals surface area (Å²) < 4.78 is 29.7. The van der Waals surface area contributed by atoms with Crippen molar-refractivity contribution in [1.82, 2.24) is 4.90 Å². The average Bonchev–Trinajstić information content (AvgIpc) is 3.27. The number of methoxy groups -OCH3 is 3. The molecule has 0 spiro atoms. The molecule has 1 aliphatic carbocycles. The maximum atomic E-state index is 14.3. The molecule has 360 valence electrons. The molecule has 0 radical (unpaired) electrons. The number of esters is 1. The van der Waals surface area contributed by atoms with Gasteiger partial charge in [-0.05, 0) is 113 Å². The monoisotopic (exact) mass is 898 g/mol. The van der Waals surface area contributed by atoms with E-state index in [2.05, 4.69) is 0 Å². The first-order valence-electron chi connectivity index (χ1n) is 23.8. The van der Waals surface area contributed by atoms with Crippen molar-refractivity contribution >= 4 is 29.2 Å². The number of ether oxygens (including phenoxy) is 5. The number of cyclic esters (lactones) is 1. The Morgan fingerprint density at radius 1 is 0.828 bits per heavy atom. The Morgan fingerprint density at radius 3 is 2.25 bits per heavy atom. The van der Waals surface area contributed by atoms with Gasteiger partial charge in [-0.1, -0.05) is 71.1 Å². The molecule has 4 aliphatic rings. The van der Waals surface area contributed by atoms with Gasteiger partial charge in [-0.2, -0.15) is 0 Å². The van der Waals surface area contributed by atoms with Gasteiger partial charge in [0.1, 0.15) is 36.2 Å². The van der Waals surface area contributed by atoms with Gasteiger partial charge < -0.3 is 38.8 Å². The molecule has 15 atom stereocenters. The highest BCUT2D eigenvalue weighted by atomic mass is 16.5. The normalized spacial score (nSPS) is 39.7. The second kappa shape index (κ2) is 25.5. The van der Waals surface area contributed by atoms with Gasteiger partial charge in [-0.25, -0.2) is 4.79 Å². The SMILES string of the molecule is COC1CC2CCC(C)C(O2)C(=O)C(=O)N2CCCCC2C(=O)OC(C(C)CC2CCC(O)C(OC)C2)CC(=O)C(C)/C=C(\C)C(O)C(OC)C(=O)C(C)CC(C)/C=C/C=C/C=C/1C. The van der Waals surface area contributed by atoms with Crippen LogP contribution in [-0.2, 0) is 47.7 Å². The topological polar surface area (TPSA) is 175 Å². The van der Waals surface area contributed by atoms with Crippen molar-refractivity contribution < 1.29 is 57.9 Å². The van der Waals surface area contributed by atoms with Crippen LogP contribution in [-0.4, -0.2) is 127 Å². The number of allylic oxidation sites excluding steroid dienone is 6. The Labute approximate surface area is 382 Å². The summed E-state index contributed by atoms with van der Waals surface area (Å²) in [7, 11) is 4.61. The fraction of sp³-hybridized carbons (Fsp3) is 0.745. The lowest BCUT2D eigenvalue weighted by Gasteiger charge is -2.39.